The van der Waals surface area contributed by atoms with Gasteiger partial charge in [0, 0.05) is 38.8 Å². The van der Waals surface area contributed by atoms with Crippen molar-refractivity contribution in [1.82, 2.24) is 15.5 Å². The normalized spacial score (nSPS) is 13.2. The van der Waals surface area contributed by atoms with Crippen LogP contribution in [0.5, 0.6) is 0 Å². The molecule has 1 unspecified atom stereocenters. The van der Waals surface area contributed by atoms with Crippen LogP contribution in [-0.2, 0) is 17.9 Å². The lowest BCUT2D eigenvalue weighted by atomic mass is 10.0. The minimum Gasteiger partial charge on any atom is -0.444 e. The molecule has 1 atom stereocenters. The van der Waals surface area contributed by atoms with Crippen LogP contribution in [0.25, 0.3) is 0 Å². The Bertz CT molecular complexity index is 717. The van der Waals surface area contributed by atoms with Crippen LogP contribution in [0.2, 0.25) is 0 Å². The predicted octanol–water partition coefficient (Wildman–Crippen LogP) is 3.26. The van der Waals surface area contributed by atoms with Gasteiger partial charge in [-0.3, -0.25) is 4.99 Å². The number of benzene rings is 1. The van der Waals surface area contributed by atoms with Gasteiger partial charge >= 0.3 is 6.09 Å². The number of nitrogens with zero attached hydrogens (tertiary/aromatic N) is 2. The zero-order valence-corrected chi connectivity index (χ0v) is 19.3. The Kier molecular flexibility index (Phi) is 10.0. The molecule has 0 aliphatic heterocycles. The van der Waals surface area contributed by atoms with Crippen molar-refractivity contribution in [1.29, 1.82) is 0 Å². The number of guanidine groups is 1. The predicted molar refractivity (Wildman–Crippen MR) is 118 cm³/mol. The summed E-state index contributed by atoms with van der Waals surface area (Å²) in [4.78, 5) is 18.4. The van der Waals surface area contributed by atoms with Gasteiger partial charge in [-0.05, 0) is 50.8 Å². The molecule has 1 aromatic rings. The number of hydrogen-bond acceptors (Lipinski definition) is 4. The van der Waals surface area contributed by atoms with Gasteiger partial charge in [0.25, 0.3) is 0 Å². The Morgan fingerprint density at radius 1 is 1.33 bits per heavy atom. The lowest BCUT2D eigenvalue weighted by Gasteiger charge is -2.28. The highest BCUT2D eigenvalue weighted by Crippen LogP contribution is 2.12. The molecule has 1 amide bonds. The maximum atomic E-state index is 13.5. The molecule has 170 valence electrons. The number of ether oxygens (including phenoxy) is 1. The summed E-state index contributed by atoms with van der Waals surface area (Å²) in [7, 11) is 3.62. The van der Waals surface area contributed by atoms with E-state index in [0.717, 1.165) is 12.0 Å². The van der Waals surface area contributed by atoms with Crippen LogP contribution in [0, 0.1) is 11.7 Å². The van der Waals surface area contributed by atoms with Crippen molar-refractivity contribution in [3.8, 4) is 0 Å². The summed E-state index contributed by atoms with van der Waals surface area (Å²) < 4.78 is 18.9. The highest BCUT2D eigenvalue weighted by molar-refractivity contribution is 5.79. The van der Waals surface area contributed by atoms with Crippen LogP contribution in [0.4, 0.5) is 9.18 Å². The summed E-state index contributed by atoms with van der Waals surface area (Å²) in [6.07, 6.45) is 0.307. The van der Waals surface area contributed by atoms with E-state index < -0.39 is 17.5 Å². The number of hydrogen-bond donors (Lipinski definition) is 3. The van der Waals surface area contributed by atoms with Crippen molar-refractivity contribution < 1.29 is 19.0 Å². The second kappa shape index (κ2) is 11.7. The van der Waals surface area contributed by atoms with Gasteiger partial charge in [-0.15, -0.1) is 0 Å². The van der Waals surface area contributed by atoms with Gasteiger partial charge in [0.1, 0.15) is 11.4 Å². The van der Waals surface area contributed by atoms with Gasteiger partial charge in [0.15, 0.2) is 5.96 Å². The molecule has 30 heavy (non-hydrogen) atoms. The van der Waals surface area contributed by atoms with Gasteiger partial charge in [0.2, 0.25) is 0 Å². The summed E-state index contributed by atoms with van der Waals surface area (Å²) in [5, 5.41) is 15.4. The smallest absolute Gasteiger partial charge is 0.407 e. The molecule has 0 aromatic heterocycles. The van der Waals surface area contributed by atoms with Crippen LogP contribution < -0.4 is 10.6 Å². The average molecular weight is 425 g/mol. The number of carbonyl (C=O) groups excluding carboxylic acids is 1. The van der Waals surface area contributed by atoms with E-state index >= 15 is 0 Å². The molecule has 0 saturated carbocycles. The number of alkyl carbamates (subject to hydrolysis) is 1. The van der Waals surface area contributed by atoms with Crippen LogP contribution in [-0.4, -0.2) is 54.3 Å². The van der Waals surface area contributed by atoms with E-state index in [1.54, 1.807) is 19.2 Å². The fourth-order valence-corrected chi connectivity index (χ4v) is 2.89. The lowest BCUT2D eigenvalue weighted by Crippen LogP contribution is -2.45. The molecule has 1 aromatic carbocycles. The summed E-state index contributed by atoms with van der Waals surface area (Å²) >= 11 is 0. The first kappa shape index (κ1) is 25.7. The highest BCUT2D eigenvalue weighted by atomic mass is 19.1. The number of amides is 1. The number of rotatable bonds is 8. The molecule has 0 spiro atoms. The van der Waals surface area contributed by atoms with E-state index in [1.165, 1.54) is 6.07 Å². The van der Waals surface area contributed by atoms with Crippen molar-refractivity contribution in [2.24, 2.45) is 10.9 Å². The fourth-order valence-electron chi connectivity index (χ4n) is 2.89. The molecule has 0 saturated heterocycles. The summed E-state index contributed by atoms with van der Waals surface area (Å²) in [5.74, 6) is 0.515. The molecule has 3 N–H and O–H groups in total. The molecule has 8 heteroatoms. The topological polar surface area (TPSA) is 86.2 Å². The number of carbonyl (C=O) groups is 1. The lowest BCUT2D eigenvalue weighted by molar-refractivity contribution is 0.0485. The van der Waals surface area contributed by atoms with Crippen molar-refractivity contribution in [2.75, 3.05) is 20.6 Å². The summed E-state index contributed by atoms with van der Waals surface area (Å²) in [6.45, 7) is 10.4. The Labute approximate surface area is 179 Å². The zero-order valence-electron chi connectivity index (χ0n) is 19.3. The molecular weight excluding hydrogens is 387 g/mol. The number of aliphatic hydroxyl groups excluding tert-OH is 1. The fraction of sp³-hybridized carbons (Fsp3) is 0.636. The number of aliphatic imine (C=N–C) groups is 1. The average Bonchev–Trinajstić information content (AvgIpc) is 2.65. The molecule has 0 bridgehead atoms. The largest absolute Gasteiger partial charge is 0.444 e. The zero-order chi connectivity index (χ0) is 22.9. The number of halogens is 1. The first-order valence-electron chi connectivity index (χ1n) is 10.3. The number of aliphatic hydroxyl groups is 1. The SMILES string of the molecule is CN=C(NCc1ccc(F)c(CO)c1)N(C)CCC(NC(=O)OC(C)(C)C)C(C)C. The Morgan fingerprint density at radius 3 is 2.53 bits per heavy atom. The Balaban J connectivity index is 2.62. The van der Waals surface area contributed by atoms with Crippen molar-refractivity contribution in [3.63, 3.8) is 0 Å². The molecule has 0 heterocycles. The third-order valence-electron chi connectivity index (χ3n) is 4.59. The molecular formula is C22H37FN4O3. The minimum atomic E-state index is -0.537. The second-order valence-electron chi connectivity index (χ2n) is 8.69. The van der Waals surface area contributed by atoms with Gasteiger partial charge in [-0.25, -0.2) is 9.18 Å². The maximum absolute atomic E-state index is 13.5. The highest BCUT2D eigenvalue weighted by Gasteiger charge is 2.22. The quantitative estimate of drug-likeness (QED) is 0.441. The third-order valence-corrected chi connectivity index (χ3v) is 4.59. The van der Waals surface area contributed by atoms with Crippen molar-refractivity contribution in [2.45, 2.75) is 65.8 Å². The first-order chi connectivity index (χ1) is 14.0. The van der Waals surface area contributed by atoms with E-state index in [1.807, 2.05) is 32.7 Å². The van der Waals surface area contributed by atoms with Crippen molar-refractivity contribution in [3.05, 3.63) is 35.1 Å². The monoisotopic (exact) mass is 424 g/mol. The van der Waals surface area contributed by atoms with Gasteiger partial charge < -0.3 is 25.4 Å². The van der Waals surface area contributed by atoms with Crippen LogP contribution >= 0.6 is 0 Å². The second-order valence-corrected chi connectivity index (χ2v) is 8.69. The van der Waals surface area contributed by atoms with E-state index in [4.69, 9.17) is 4.74 Å². The van der Waals surface area contributed by atoms with Crippen LogP contribution in [0.1, 0.15) is 52.2 Å². The molecule has 0 aliphatic rings. The van der Waals surface area contributed by atoms with Crippen LogP contribution in [0.15, 0.2) is 23.2 Å². The standard InChI is InChI=1S/C22H37FN4O3/c1-15(2)19(26-21(29)30-22(3,4)5)10-11-27(7)20(24-6)25-13-16-8-9-18(23)17(12-16)14-28/h8-9,12,15,19,28H,10-11,13-14H2,1-7H3,(H,24,25)(H,26,29). The maximum Gasteiger partial charge on any atom is 0.407 e. The first-order valence-corrected chi connectivity index (χ1v) is 10.3. The summed E-state index contributed by atoms with van der Waals surface area (Å²) in [5.41, 5.74) is 0.581. The van der Waals surface area contributed by atoms with Gasteiger partial charge in [-0.2, -0.15) is 0 Å². The molecule has 1 rings (SSSR count). The Hall–Kier alpha value is -2.35. The van der Waals surface area contributed by atoms with Gasteiger partial charge in [0.05, 0.1) is 6.61 Å². The van der Waals surface area contributed by atoms with Crippen molar-refractivity contribution >= 4 is 12.1 Å². The van der Waals surface area contributed by atoms with Gasteiger partial charge in [-0.1, -0.05) is 19.9 Å². The van der Waals surface area contributed by atoms with E-state index in [2.05, 4.69) is 29.5 Å². The van der Waals surface area contributed by atoms with E-state index in [0.29, 0.717) is 19.0 Å². The van der Waals surface area contributed by atoms with Crippen LogP contribution in [0.3, 0.4) is 0 Å². The molecule has 0 fully saturated rings. The summed E-state index contributed by atoms with van der Waals surface area (Å²) in [6, 6.07) is 4.62. The minimum absolute atomic E-state index is 0.0374. The number of nitrogens with one attached hydrogen (secondary N) is 2. The van der Waals surface area contributed by atoms with E-state index in [-0.39, 0.29) is 24.1 Å². The molecule has 0 aliphatic carbocycles. The molecule has 7 nitrogen and oxygen atoms in total. The van der Waals surface area contributed by atoms with E-state index in [9.17, 15) is 14.3 Å². The third kappa shape index (κ3) is 8.98. The molecule has 0 radical (unpaired) electrons. The Morgan fingerprint density at radius 2 is 2.00 bits per heavy atom.